The molecule has 2 aromatic heterocycles. The van der Waals surface area contributed by atoms with Crippen LogP contribution in [0.4, 0.5) is 4.79 Å². The number of carbonyl (C=O) groups is 1. The Morgan fingerprint density at radius 1 is 1.60 bits per heavy atom. The fraction of sp³-hybridized carbons (Fsp3) is 0.286. The van der Waals surface area contributed by atoms with Crippen molar-refractivity contribution in [3.8, 4) is 0 Å². The van der Waals surface area contributed by atoms with E-state index in [9.17, 15) is 4.79 Å². The second kappa shape index (κ2) is 3.89. The summed E-state index contributed by atoms with van der Waals surface area (Å²) in [6.45, 7) is 1.91. The molecule has 7 nitrogen and oxygen atoms in total. The zero-order chi connectivity index (χ0) is 10.8. The first kappa shape index (κ1) is 9.97. The molecule has 0 fully saturated rings. The number of hydrogen-bond acceptors (Lipinski definition) is 5. The van der Waals surface area contributed by atoms with Gasteiger partial charge in [0.05, 0.1) is 0 Å². The zero-order valence-electron chi connectivity index (χ0n) is 7.83. The van der Waals surface area contributed by atoms with Gasteiger partial charge in [-0.25, -0.2) is 14.8 Å². The van der Waals surface area contributed by atoms with E-state index in [1.54, 1.807) is 0 Å². The fourth-order valence-corrected chi connectivity index (χ4v) is 1.44. The summed E-state index contributed by atoms with van der Waals surface area (Å²) in [7, 11) is 0. The molecule has 2 rings (SSSR count). The largest absolute Gasteiger partial charge is 0.373 e. The molecular weight excluding hydrogens is 264 g/mol. The van der Waals surface area contributed by atoms with Gasteiger partial charge in [-0.1, -0.05) is 6.92 Å². The molecule has 0 unspecified atom stereocenters. The van der Waals surface area contributed by atoms with Crippen molar-refractivity contribution in [1.82, 2.24) is 29.5 Å². The highest BCUT2D eigenvalue weighted by atomic mass is 79.9. The quantitative estimate of drug-likeness (QED) is 0.763. The SMILES string of the molecule is CCc1nc(Br)n(C(=O)n2cncn2)n1. The van der Waals surface area contributed by atoms with E-state index < -0.39 is 6.03 Å². The summed E-state index contributed by atoms with van der Waals surface area (Å²) in [5.74, 6) is 0.593. The molecule has 0 spiro atoms. The first-order valence-electron chi connectivity index (χ1n) is 4.23. The molecule has 0 aliphatic heterocycles. The Labute approximate surface area is 93.3 Å². The average Bonchev–Trinajstić information content (AvgIpc) is 2.85. The van der Waals surface area contributed by atoms with Gasteiger partial charge in [-0.15, -0.1) is 5.10 Å². The molecule has 0 aliphatic rings. The molecule has 2 aromatic rings. The lowest BCUT2D eigenvalue weighted by Gasteiger charge is -1.98. The molecule has 0 amide bonds. The van der Waals surface area contributed by atoms with E-state index in [2.05, 4.69) is 36.1 Å². The maximum atomic E-state index is 11.7. The first-order valence-corrected chi connectivity index (χ1v) is 5.02. The molecule has 0 saturated carbocycles. The van der Waals surface area contributed by atoms with E-state index in [0.29, 0.717) is 17.0 Å². The number of carbonyl (C=O) groups excluding carboxylic acids is 1. The Balaban J connectivity index is 2.37. The van der Waals surface area contributed by atoms with Crippen LogP contribution in [0.1, 0.15) is 12.7 Å². The molecule has 0 saturated heterocycles. The fourth-order valence-electron chi connectivity index (χ4n) is 1.01. The number of halogens is 1. The Hall–Kier alpha value is -1.57. The molecule has 0 aromatic carbocycles. The van der Waals surface area contributed by atoms with Crippen molar-refractivity contribution in [2.45, 2.75) is 13.3 Å². The molecule has 0 atom stereocenters. The van der Waals surface area contributed by atoms with Crippen molar-refractivity contribution in [2.24, 2.45) is 0 Å². The van der Waals surface area contributed by atoms with Gasteiger partial charge in [0.15, 0.2) is 5.82 Å². The van der Waals surface area contributed by atoms with E-state index in [1.165, 1.54) is 12.7 Å². The molecule has 8 heteroatoms. The van der Waals surface area contributed by atoms with Crippen LogP contribution >= 0.6 is 15.9 Å². The lowest BCUT2D eigenvalue weighted by molar-refractivity contribution is 0.237. The van der Waals surface area contributed by atoms with Gasteiger partial charge in [0.25, 0.3) is 0 Å². The van der Waals surface area contributed by atoms with Crippen molar-refractivity contribution in [3.63, 3.8) is 0 Å². The topological polar surface area (TPSA) is 78.5 Å². The van der Waals surface area contributed by atoms with Crippen molar-refractivity contribution in [2.75, 3.05) is 0 Å². The minimum Gasteiger partial charge on any atom is -0.243 e. The standard InChI is InChI=1S/C7H7BrN6O/c1-2-5-11-6(8)14(12-5)7(15)13-4-9-3-10-13/h3-4H,2H2,1H3. The van der Waals surface area contributed by atoms with Gasteiger partial charge in [0.2, 0.25) is 4.73 Å². The van der Waals surface area contributed by atoms with Crippen molar-refractivity contribution >= 4 is 22.0 Å². The predicted octanol–water partition coefficient (Wildman–Crippen LogP) is 0.711. The van der Waals surface area contributed by atoms with Crippen LogP contribution in [-0.4, -0.2) is 35.6 Å². The van der Waals surface area contributed by atoms with Gasteiger partial charge in [-0.3, -0.25) is 0 Å². The lowest BCUT2D eigenvalue weighted by Crippen LogP contribution is -2.21. The van der Waals surface area contributed by atoms with Gasteiger partial charge >= 0.3 is 6.03 Å². The smallest absolute Gasteiger partial charge is 0.243 e. The normalized spacial score (nSPS) is 10.5. The highest BCUT2D eigenvalue weighted by Gasteiger charge is 2.15. The second-order valence-electron chi connectivity index (χ2n) is 2.69. The van der Waals surface area contributed by atoms with Crippen molar-refractivity contribution in [1.29, 1.82) is 0 Å². The molecule has 0 N–H and O–H groups in total. The van der Waals surface area contributed by atoms with E-state index in [4.69, 9.17) is 0 Å². The lowest BCUT2D eigenvalue weighted by atomic mass is 10.5. The van der Waals surface area contributed by atoms with Gasteiger partial charge in [0.1, 0.15) is 12.7 Å². The molecular formula is C7H7BrN6O. The van der Waals surface area contributed by atoms with Gasteiger partial charge in [0, 0.05) is 6.42 Å². The molecule has 78 valence electrons. The van der Waals surface area contributed by atoms with Crippen LogP contribution in [-0.2, 0) is 6.42 Å². The summed E-state index contributed by atoms with van der Waals surface area (Å²) in [5.41, 5.74) is 0. The summed E-state index contributed by atoms with van der Waals surface area (Å²) < 4.78 is 2.58. The number of aryl methyl sites for hydroxylation is 1. The molecule has 15 heavy (non-hydrogen) atoms. The van der Waals surface area contributed by atoms with E-state index >= 15 is 0 Å². The van der Waals surface area contributed by atoms with Crippen molar-refractivity contribution < 1.29 is 4.79 Å². The highest BCUT2D eigenvalue weighted by Crippen LogP contribution is 2.07. The third-order valence-electron chi connectivity index (χ3n) is 1.72. The van der Waals surface area contributed by atoms with Crippen molar-refractivity contribution in [3.05, 3.63) is 23.2 Å². The maximum absolute atomic E-state index is 11.7. The summed E-state index contributed by atoms with van der Waals surface area (Å²) in [6, 6.07) is -0.424. The number of nitrogens with zero attached hydrogens (tertiary/aromatic N) is 6. The first-order chi connectivity index (χ1) is 7.22. The summed E-state index contributed by atoms with van der Waals surface area (Å²) >= 11 is 3.15. The van der Waals surface area contributed by atoms with Gasteiger partial charge in [-0.05, 0) is 15.9 Å². The highest BCUT2D eigenvalue weighted by molar-refractivity contribution is 9.10. The number of rotatable bonds is 1. The number of hydrogen-bond donors (Lipinski definition) is 0. The predicted molar refractivity (Wildman–Crippen MR) is 53.3 cm³/mol. The third kappa shape index (κ3) is 1.80. The van der Waals surface area contributed by atoms with Crippen LogP contribution in [0.15, 0.2) is 17.4 Å². The van der Waals surface area contributed by atoms with E-state index in [-0.39, 0.29) is 0 Å². The van der Waals surface area contributed by atoms with Crippen LogP contribution in [0.3, 0.4) is 0 Å². The van der Waals surface area contributed by atoms with Crippen LogP contribution in [0.5, 0.6) is 0 Å². The Kier molecular flexibility index (Phi) is 2.58. The minimum atomic E-state index is -0.424. The molecule has 0 aliphatic carbocycles. The Bertz CT molecular complexity index is 476. The summed E-state index contributed by atoms with van der Waals surface area (Å²) in [6.07, 6.45) is 3.25. The van der Waals surface area contributed by atoms with Crippen LogP contribution in [0.2, 0.25) is 0 Å². The molecule has 0 radical (unpaired) electrons. The van der Waals surface area contributed by atoms with Gasteiger partial charge in [-0.2, -0.15) is 14.5 Å². The van der Waals surface area contributed by atoms with Gasteiger partial charge < -0.3 is 0 Å². The Morgan fingerprint density at radius 2 is 2.40 bits per heavy atom. The molecule has 2 heterocycles. The molecule has 0 bridgehead atoms. The second-order valence-corrected chi connectivity index (χ2v) is 3.39. The minimum absolute atomic E-state index is 0.361. The maximum Gasteiger partial charge on any atom is 0.373 e. The zero-order valence-corrected chi connectivity index (χ0v) is 9.42. The van der Waals surface area contributed by atoms with Crippen LogP contribution in [0.25, 0.3) is 0 Å². The van der Waals surface area contributed by atoms with Crippen LogP contribution < -0.4 is 0 Å². The number of aromatic nitrogens is 6. The monoisotopic (exact) mass is 270 g/mol. The van der Waals surface area contributed by atoms with E-state index in [1.807, 2.05) is 6.92 Å². The Morgan fingerprint density at radius 3 is 2.93 bits per heavy atom. The van der Waals surface area contributed by atoms with E-state index in [0.717, 1.165) is 9.36 Å². The third-order valence-corrected chi connectivity index (χ3v) is 2.24. The average molecular weight is 271 g/mol. The van der Waals surface area contributed by atoms with Crippen LogP contribution in [0, 0.1) is 0 Å². The summed E-state index contributed by atoms with van der Waals surface area (Å²) in [5, 5.41) is 7.72. The summed E-state index contributed by atoms with van der Waals surface area (Å²) in [4.78, 5) is 19.5.